The van der Waals surface area contributed by atoms with Gasteiger partial charge in [-0.2, -0.15) is 11.3 Å². The Morgan fingerprint density at radius 1 is 1.19 bits per heavy atom. The topological polar surface area (TPSA) is 0 Å². The molecule has 21 heavy (non-hydrogen) atoms. The molecule has 0 aromatic carbocycles. The van der Waals surface area contributed by atoms with Gasteiger partial charge in [-0.05, 0) is 58.9 Å². The number of hydrogen-bond acceptors (Lipinski definition) is 1. The highest BCUT2D eigenvalue weighted by Crippen LogP contribution is 2.45. The van der Waals surface area contributed by atoms with E-state index in [9.17, 15) is 0 Å². The van der Waals surface area contributed by atoms with Crippen molar-refractivity contribution in [3.05, 3.63) is 34.5 Å². The van der Waals surface area contributed by atoms with Gasteiger partial charge in [-0.3, -0.25) is 0 Å². The van der Waals surface area contributed by atoms with Gasteiger partial charge in [-0.25, -0.2) is 0 Å². The molecule has 1 atom stereocenters. The normalized spacial score (nSPS) is 17.6. The van der Waals surface area contributed by atoms with Crippen molar-refractivity contribution in [2.45, 2.75) is 78.1 Å². The quantitative estimate of drug-likeness (QED) is 0.417. The molecule has 1 aromatic rings. The highest BCUT2D eigenvalue weighted by Gasteiger charge is 2.36. The van der Waals surface area contributed by atoms with E-state index in [0.717, 1.165) is 5.92 Å². The van der Waals surface area contributed by atoms with Crippen LogP contribution >= 0.6 is 11.3 Å². The second-order valence-electron chi connectivity index (χ2n) is 7.08. The number of fused-ring (bicyclic) bond motifs is 1. The van der Waals surface area contributed by atoms with Crippen molar-refractivity contribution >= 4 is 11.3 Å². The lowest BCUT2D eigenvalue weighted by atomic mass is 9.76. The number of thiophene rings is 1. The van der Waals surface area contributed by atoms with Gasteiger partial charge in [0, 0.05) is 0 Å². The largest absolute Gasteiger partial charge is 0.152 e. The van der Waals surface area contributed by atoms with Crippen LogP contribution in [0.15, 0.2) is 23.4 Å². The second kappa shape index (κ2) is 8.17. The van der Waals surface area contributed by atoms with E-state index in [1.807, 2.05) is 11.3 Å². The molecule has 1 unspecified atom stereocenters. The van der Waals surface area contributed by atoms with Gasteiger partial charge in [-0.15, -0.1) is 6.58 Å². The zero-order valence-corrected chi connectivity index (χ0v) is 14.8. The fraction of sp³-hybridized carbons (Fsp3) is 0.700. The minimum atomic E-state index is 0.503. The summed E-state index contributed by atoms with van der Waals surface area (Å²) in [5.74, 6) is 0.959. The van der Waals surface area contributed by atoms with Crippen LogP contribution in [0.3, 0.4) is 0 Å². The highest BCUT2D eigenvalue weighted by atomic mass is 32.1. The molecule has 0 radical (unpaired) electrons. The molecule has 0 spiro atoms. The Kier molecular flexibility index (Phi) is 6.54. The summed E-state index contributed by atoms with van der Waals surface area (Å²) < 4.78 is 0. The van der Waals surface area contributed by atoms with Crippen molar-refractivity contribution in [1.29, 1.82) is 0 Å². The van der Waals surface area contributed by atoms with Gasteiger partial charge in [0.05, 0.1) is 0 Å². The molecule has 0 aliphatic heterocycles. The maximum atomic E-state index is 4.02. The average Bonchev–Trinajstić information content (AvgIpc) is 3.02. The summed E-state index contributed by atoms with van der Waals surface area (Å²) in [6.45, 7) is 8.69. The van der Waals surface area contributed by atoms with Crippen LogP contribution < -0.4 is 0 Å². The van der Waals surface area contributed by atoms with Crippen LogP contribution in [0.1, 0.15) is 76.3 Å². The van der Waals surface area contributed by atoms with Crippen LogP contribution in [-0.2, 0) is 12.8 Å². The third kappa shape index (κ3) is 4.45. The van der Waals surface area contributed by atoms with Crippen molar-refractivity contribution in [1.82, 2.24) is 0 Å². The first kappa shape index (κ1) is 16.8. The van der Waals surface area contributed by atoms with E-state index >= 15 is 0 Å². The van der Waals surface area contributed by atoms with Gasteiger partial charge in [0.1, 0.15) is 0 Å². The van der Waals surface area contributed by atoms with Crippen LogP contribution in [0.5, 0.6) is 0 Å². The molecule has 1 aromatic heterocycles. The summed E-state index contributed by atoms with van der Waals surface area (Å²) in [7, 11) is 0. The first-order valence-electron chi connectivity index (χ1n) is 8.88. The van der Waals surface area contributed by atoms with Crippen LogP contribution in [0, 0.1) is 11.3 Å². The zero-order chi connectivity index (χ0) is 15.1. The van der Waals surface area contributed by atoms with E-state index in [1.54, 1.807) is 11.1 Å². The molecule has 1 heterocycles. The molecular weight excluding hydrogens is 272 g/mol. The Balaban J connectivity index is 1.84. The lowest BCUT2D eigenvalue weighted by Crippen LogP contribution is -2.21. The van der Waals surface area contributed by atoms with Gasteiger partial charge in [0.15, 0.2) is 0 Å². The predicted octanol–water partition coefficient (Wildman–Crippen LogP) is 6.80. The van der Waals surface area contributed by atoms with Crippen LogP contribution in [0.25, 0.3) is 0 Å². The van der Waals surface area contributed by atoms with E-state index in [-0.39, 0.29) is 0 Å². The molecule has 0 saturated carbocycles. The Hall–Kier alpha value is -0.560. The SMILES string of the molecule is C=CCC1(CCCC(CC)CCCC)Cc2cscc2C1. The van der Waals surface area contributed by atoms with E-state index in [4.69, 9.17) is 0 Å². The van der Waals surface area contributed by atoms with Gasteiger partial charge < -0.3 is 0 Å². The van der Waals surface area contributed by atoms with Crippen molar-refractivity contribution in [3.8, 4) is 0 Å². The molecule has 0 bridgehead atoms. The molecular formula is C20H32S. The van der Waals surface area contributed by atoms with Gasteiger partial charge in [-0.1, -0.05) is 58.4 Å². The average molecular weight is 305 g/mol. The molecule has 118 valence electrons. The number of hydrogen-bond donors (Lipinski definition) is 0. The zero-order valence-electron chi connectivity index (χ0n) is 14.0. The Morgan fingerprint density at radius 3 is 2.43 bits per heavy atom. The number of allylic oxidation sites excluding steroid dienone is 1. The molecule has 1 aliphatic carbocycles. The smallest absolute Gasteiger partial charge is 0.00582 e. The molecule has 0 nitrogen and oxygen atoms in total. The monoisotopic (exact) mass is 304 g/mol. The summed E-state index contributed by atoms with van der Waals surface area (Å²) in [6, 6.07) is 0. The summed E-state index contributed by atoms with van der Waals surface area (Å²) in [4.78, 5) is 0. The van der Waals surface area contributed by atoms with E-state index in [0.29, 0.717) is 5.41 Å². The van der Waals surface area contributed by atoms with Gasteiger partial charge in [0.25, 0.3) is 0 Å². The molecule has 0 N–H and O–H groups in total. The third-order valence-corrected chi connectivity index (χ3v) is 6.25. The fourth-order valence-electron chi connectivity index (χ4n) is 4.07. The van der Waals surface area contributed by atoms with Gasteiger partial charge in [0.2, 0.25) is 0 Å². The number of unbranched alkanes of at least 4 members (excludes halogenated alkanes) is 1. The third-order valence-electron chi connectivity index (χ3n) is 5.40. The summed E-state index contributed by atoms with van der Waals surface area (Å²) in [5, 5.41) is 4.74. The van der Waals surface area contributed by atoms with Crippen molar-refractivity contribution in [2.24, 2.45) is 11.3 Å². The molecule has 2 rings (SSSR count). The summed E-state index contributed by atoms with van der Waals surface area (Å²) in [5.41, 5.74) is 3.75. The molecule has 1 aliphatic rings. The first-order chi connectivity index (χ1) is 10.2. The Bertz CT molecular complexity index is 408. The molecule has 1 heteroatoms. The van der Waals surface area contributed by atoms with Crippen molar-refractivity contribution in [2.75, 3.05) is 0 Å². The Morgan fingerprint density at radius 2 is 1.86 bits per heavy atom. The highest BCUT2D eigenvalue weighted by molar-refractivity contribution is 7.08. The maximum Gasteiger partial charge on any atom is -0.00582 e. The lowest BCUT2D eigenvalue weighted by molar-refractivity contribution is 0.258. The molecule has 0 saturated heterocycles. The molecule has 0 amide bonds. The van der Waals surface area contributed by atoms with Crippen LogP contribution in [0.4, 0.5) is 0 Å². The number of rotatable bonds is 10. The van der Waals surface area contributed by atoms with Crippen LogP contribution in [0.2, 0.25) is 0 Å². The van der Waals surface area contributed by atoms with E-state index in [1.165, 1.54) is 64.2 Å². The predicted molar refractivity (Wildman–Crippen MR) is 96.1 cm³/mol. The van der Waals surface area contributed by atoms with Gasteiger partial charge >= 0.3 is 0 Å². The van der Waals surface area contributed by atoms with E-state index in [2.05, 4.69) is 37.3 Å². The van der Waals surface area contributed by atoms with Crippen LogP contribution in [-0.4, -0.2) is 0 Å². The fourth-order valence-corrected chi connectivity index (χ4v) is 4.94. The minimum absolute atomic E-state index is 0.503. The first-order valence-corrected chi connectivity index (χ1v) is 9.82. The van der Waals surface area contributed by atoms with Crippen molar-refractivity contribution in [3.63, 3.8) is 0 Å². The van der Waals surface area contributed by atoms with E-state index < -0.39 is 0 Å². The second-order valence-corrected chi connectivity index (χ2v) is 7.82. The standard InChI is InChI=1S/C20H32S/c1-4-7-9-17(6-3)10-8-12-20(11-5-2)13-18-15-21-16-19(18)14-20/h5,15-17H,2,4,6-14H2,1,3H3. The summed E-state index contributed by atoms with van der Waals surface area (Å²) >= 11 is 1.88. The lowest BCUT2D eigenvalue weighted by Gasteiger charge is -2.29. The van der Waals surface area contributed by atoms with Crippen molar-refractivity contribution < 1.29 is 0 Å². The Labute approximate surface area is 135 Å². The molecule has 0 fully saturated rings. The maximum absolute atomic E-state index is 4.02. The summed E-state index contributed by atoms with van der Waals surface area (Å²) in [6.07, 6.45) is 15.7. The minimum Gasteiger partial charge on any atom is -0.152 e.